The Morgan fingerprint density at radius 3 is 2.52 bits per heavy atom. The standard InChI is InChI=1S/C34H36N2O2.C2H6/c1-5-25-12-13-28-17-26(25)10-6-8-24-9-7-11-27(16-24)30-19-33(37)36-32-15-14-29(18-31(30)32)34(28,38)23(4)21-35-20-22(2)3;1-2/h7,9,11-22,38H,5-6,8,10H2,1-4H3,(H,36,37);1-2H3/b23-21+,35-20?;. The molecule has 2 N–H and O–H groups in total. The Morgan fingerprint density at radius 1 is 1.02 bits per heavy atom. The Bertz CT molecular complexity index is 1610. The second kappa shape index (κ2) is 12.6. The van der Waals surface area contributed by atoms with Gasteiger partial charge in [0.2, 0.25) is 5.56 Å². The largest absolute Gasteiger partial charge is 0.376 e. The van der Waals surface area contributed by atoms with Crippen molar-refractivity contribution < 1.29 is 5.11 Å². The zero-order valence-electron chi connectivity index (χ0n) is 24.7. The molecule has 5 rings (SSSR count). The number of aliphatic hydroxyl groups is 1. The average molecular weight is 535 g/mol. The van der Waals surface area contributed by atoms with Gasteiger partial charge in [-0.2, -0.15) is 0 Å². The van der Waals surface area contributed by atoms with Crippen molar-refractivity contribution in [3.63, 3.8) is 0 Å². The molecule has 3 aromatic carbocycles. The molecular formula is C36H42N2O2. The average Bonchev–Trinajstić information content (AvgIpc) is 2.96. The molecule has 1 unspecified atom stereocenters. The van der Waals surface area contributed by atoms with Crippen molar-refractivity contribution in [1.29, 1.82) is 0 Å². The molecule has 0 spiro atoms. The summed E-state index contributed by atoms with van der Waals surface area (Å²) in [4.78, 5) is 20.1. The van der Waals surface area contributed by atoms with E-state index in [2.05, 4.69) is 73.2 Å². The maximum Gasteiger partial charge on any atom is 0.249 e. The van der Waals surface area contributed by atoms with E-state index in [9.17, 15) is 9.90 Å². The van der Waals surface area contributed by atoms with Gasteiger partial charge in [0, 0.05) is 29.4 Å². The van der Waals surface area contributed by atoms with Crippen molar-refractivity contribution in [2.24, 2.45) is 10.9 Å². The van der Waals surface area contributed by atoms with E-state index < -0.39 is 5.60 Å². The van der Waals surface area contributed by atoms with Gasteiger partial charge in [0.15, 0.2) is 0 Å². The Balaban J connectivity index is 0.00000181. The van der Waals surface area contributed by atoms with E-state index in [1.54, 1.807) is 12.3 Å². The van der Waals surface area contributed by atoms with Crippen molar-refractivity contribution in [3.8, 4) is 11.1 Å². The Morgan fingerprint density at radius 2 is 1.77 bits per heavy atom. The SMILES string of the molecule is CC.CCc1ccc2cc1CCCc1cccc(c1)-c1cc(=O)[nH]c3ccc(cc13)C2(O)/C(C)=C/N=CC(C)C. The van der Waals surface area contributed by atoms with E-state index in [4.69, 9.17) is 0 Å². The third kappa shape index (κ3) is 5.88. The smallest absolute Gasteiger partial charge is 0.249 e. The van der Waals surface area contributed by atoms with E-state index in [0.717, 1.165) is 64.4 Å². The summed E-state index contributed by atoms with van der Waals surface area (Å²) in [7, 11) is 0. The number of nitrogens with one attached hydrogen (secondary N) is 1. The fourth-order valence-corrected chi connectivity index (χ4v) is 5.57. The van der Waals surface area contributed by atoms with Crippen LogP contribution in [0.3, 0.4) is 0 Å². The molecule has 1 aliphatic rings. The number of aromatic amines is 1. The number of aliphatic imine (C=N–C) groups is 1. The molecule has 0 aliphatic heterocycles. The molecule has 1 aromatic heterocycles. The van der Waals surface area contributed by atoms with Crippen molar-refractivity contribution >= 4 is 17.1 Å². The molecule has 4 nitrogen and oxygen atoms in total. The van der Waals surface area contributed by atoms with Crippen LogP contribution in [0.5, 0.6) is 0 Å². The van der Waals surface area contributed by atoms with Gasteiger partial charge in [0.25, 0.3) is 0 Å². The first-order chi connectivity index (χ1) is 19.3. The van der Waals surface area contributed by atoms with E-state index in [0.29, 0.717) is 5.92 Å². The van der Waals surface area contributed by atoms with Crippen LogP contribution in [0, 0.1) is 5.92 Å². The van der Waals surface area contributed by atoms with Gasteiger partial charge in [-0.3, -0.25) is 9.79 Å². The lowest BCUT2D eigenvalue weighted by atomic mass is 9.78. The molecule has 0 amide bonds. The number of pyridine rings is 1. The normalized spacial score (nSPS) is 17.1. The van der Waals surface area contributed by atoms with Crippen LogP contribution in [0.4, 0.5) is 0 Å². The molecule has 40 heavy (non-hydrogen) atoms. The Kier molecular flexibility index (Phi) is 9.21. The number of rotatable bonds is 4. The third-order valence-electron chi connectivity index (χ3n) is 7.64. The fraction of sp³-hybridized carbons (Fsp3) is 0.333. The third-order valence-corrected chi connectivity index (χ3v) is 7.64. The van der Waals surface area contributed by atoms with Crippen LogP contribution in [0.25, 0.3) is 22.0 Å². The lowest BCUT2D eigenvalue weighted by molar-refractivity contribution is 0.121. The molecule has 0 saturated heterocycles. The summed E-state index contributed by atoms with van der Waals surface area (Å²) < 4.78 is 0. The van der Waals surface area contributed by atoms with Gasteiger partial charge < -0.3 is 10.1 Å². The quantitative estimate of drug-likeness (QED) is 0.260. The van der Waals surface area contributed by atoms with Gasteiger partial charge in [-0.15, -0.1) is 0 Å². The number of aryl methyl sites for hydroxylation is 3. The summed E-state index contributed by atoms with van der Waals surface area (Å²) >= 11 is 0. The monoisotopic (exact) mass is 534 g/mol. The zero-order chi connectivity index (χ0) is 28.9. The topological polar surface area (TPSA) is 65.5 Å². The van der Waals surface area contributed by atoms with Crippen molar-refractivity contribution in [2.75, 3.05) is 0 Å². The van der Waals surface area contributed by atoms with Crippen LogP contribution in [0.2, 0.25) is 0 Å². The Labute approximate surface area is 238 Å². The predicted molar refractivity (Wildman–Crippen MR) is 169 cm³/mol. The number of H-pyrrole nitrogens is 1. The molecule has 1 heterocycles. The number of fused-ring (bicyclic) bond motifs is 6. The van der Waals surface area contributed by atoms with Crippen molar-refractivity contribution in [3.05, 3.63) is 117 Å². The summed E-state index contributed by atoms with van der Waals surface area (Å²) in [6, 6.07) is 22.4. The fourth-order valence-electron chi connectivity index (χ4n) is 5.57. The number of benzene rings is 3. The van der Waals surface area contributed by atoms with Crippen LogP contribution >= 0.6 is 0 Å². The van der Waals surface area contributed by atoms with Crippen LogP contribution in [-0.2, 0) is 24.9 Å². The highest BCUT2D eigenvalue weighted by Crippen LogP contribution is 2.40. The predicted octanol–water partition coefficient (Wildman–Crippen LogP) is 8.14. The van der Waals surface area contributed by atoms with Gasteiger partial charge in [-0.05, 0) is 95.2 Å². The molecule has 0 fully saturated rings. The number of hydrogen-bond donors (Lipinski definition) is 2. The molecule has 0 radical (unpaired) electrons. The van der Waals surface area contributed by atoms with Crippen LogP contribution in [0.1, 0.15) is 75.8 Å². The minimum absolute atomic E-state index is 0.138. The van der Waals surface area contributed by atoms with Gasteiger partial charge in [0.1, 0.15) is 5.60 Å². The van der Waals surface area contributed by atoms with Crippen LogP contribution < -0.4 is 5.56 Å². The summed E-state index contributed by atoms with van der Waals surface area (Å²) in [6.07, 6.45) is 7.49. The van der Waals surface area contributed by atoms with Crippen LogP contribution in [0.15, 0.2) is 88.3 Å². The molecule has 208 valence electrons. The maximum absolute atomic E-state index is 12.6. The van der Waals surface area contributed by atoms with Crippen molar-refractivity contribution in [2.45, 2.75) is 72.8 Å². The molecule has 1 atom stereocenters. The summed E-state index contributed by atoms with van der Waals surface area (Å²) in [5.41, 5.74) is 7.28. The van der Waals surface area contributed by atoms with Gasteiger partial charge in [-0.25, -0.2) is 0 Å². The molecule has 4 aromatic rings. The van der Waals surface area contributed by atoms with Gasteiger partial charge in [0.05, 0.1) is 0 Å². The first kappa shape index (κ1) is 29.2. The highest BCUT2D eigenvalue weighted by atomic mass is 16.3. The minimum Gasteiger partial charge on any atom is -0.376 e. The second-order valence-corrected chi connectivity index (χ2v) is 10.8. The Hall–Kier alpha value is -3.76. The maximum atomic E-state index is 12.6. The highest BCUT2D eigenvalue weighted by molar-refractivity contribution is 5.95. The highest BCUT2D eigenvalue weighted by Gasteiger charge is 2.35. The summed E-state index contributed by atoms with van der Waals surface area (Å²) in [5, 5.41) is 13.5. The van der Waals surface area contributed by atoms with E-state index in [1.807, 2.05) is 45.2 Å². The lowest BCUT2D eigenvalue weighted by Gasteiger charge is -2.32. The van der Waals surface area contributed by atoms with Crippen LogP contribution in [-0.4, -0.2) is 16.3 Å². The summed E-state index contributed by atoms with van der Waals surface area (Å²) in [6.45, 7) is 12.3. The molecule has 0 saturated carbocycles. The first-order valence-electron chi connectivity index (χ1n) is 14.6. The molecule has 6 bridgehead atoms. The second-order valence-electron chi connectivity index (χ2n) is 10.8. The van der Waals surface area contributed by atoms with Gasteiger partial charge in [-0.1, -0.05) is 83.1 Å². The minimum atomic E-state index is -1.39. The summed E-state index contributed by atoms with van der Waals surface area (Å²) in [5.74, 6) is 0.309. The first-order valence-corrected chi connectivity index (χ1v) is 14.6. The van der Waals surface area contributed by atoms with E-state index in [-0.39, 0.29) is 5.56 Å². The van der Waals surface area contributed by atoms with E-state index in [1.165, 1.54) is 16.7 Å². The number of aromatic nitrogens is 1. The molecule has 1 aliphatic carbocycles. The zero-order valence-corrected chi connectivity index (χ0v) is 24.7. The van der Waals surface area contributed by atoms with E-state index >= 15 is 0 Å². The molecular weight excluding hydrogens is 492 g/mol. The van der Waals surface area contributed by atoms with Crippen molar-refractivity contribution in [1.82, 2.24) is 4.98 Å². The lowest BCUT2D eigenvalue weighted by Crippen LogP contribution is -2.29. The number of hydrogen-bond acceptors (Lipinski definition) is 3. The molecule has 4 heteroatoms. The number of nitrogens with zero attached hydrogens (tertiary/aromatic N) is 1. The van der Waals surface area contributed by atoms with Gasteiger partial charge >= 0.3 is 0 Å².